The number of carboxylic acids is 1. The van der Waals surface area contributed by atoms with Crippen LogP contribution in [-0.4, -0.2) is 16.1 Å². The molecule has 0 aliphatic carbocycles. The number of anilines is 1. The number of benzene rings is 1. The molecule has 4 nitrogen and oxygen atoms in total. The normalized spacial score (nSPS) is 9.60. The first-order valence-electron chi connectivity index (χ1n) is 4.05. The standard InChI is InChI=1S/C10H8N2O2.ClH/c11-9-7(10(13)14)2-1-6-3-4-12-5-8(6)9;/h1-5H,11H2,(H,13,14);1H. The molecule has 0 unspecified atom stereocenters. The average Bonchev–Trinajstić information content (AvgIpc) is 2.18. The van der Waals surface area contributed by atoms with Crippen molar-refractivity contribution in [2.75, 3.05) is 5.73 Å². The number of hydrogen-bond donors (Lipinski definition) is 2. The Morgan fingerprint density at radius 3 is 2.73 bits per heavy atom. The number of nitrogen functional groups attached to an aromatic ring is 1. The maximum absolute atomic E-state index is 10.8. The topological polar surface area (TPSA) is 76.2 Å². The number of rotatable bonds is 1. The van der Waals surface area contributed by atoms with Crippen LogP contribution in [0.25, 0.3) is 10.8 Å². The summed E-state index contributed by atoms with van der Waals surface area (Å²) in [5.41, 5.74) is 6.08. The monoisotopic (exact) mass is 224 g/mol. The molecule has 0 atom stereocenters. The van der Waals surface area contributed by atoms with Crippen LogP contribution >= 0.6 is 12.4 Å². The second kappa shape index (κ2) is 4.14. The van der Waals surface area contributed by atoms with Crippen LogP contribution in [0.4, 0.5) is 5.69 Å². The molecule has 1 heterocycles. The van der Waals surface area contributed by atoms with Gasteiger partial charge in [-0.15, -0.1) is 12.4 Å². The zero-order chi connectivity index (χ0) is 10.1. The zero-order valence-corrected chi connectivity index (χ0v) is 8.49. The highest BCUT2D eigenvalue weighted by Gasteiger charge is 2.09. The number of fused-ring (bicyclic) bond motifs is 1. The maximum atomic E-state index is 10.8. The summed E-state index contributed by atoms with van der Waals surface area (Å²) in [6.45, 7) is 0. The fourth-order valence-electron chi connectivity index (χ4n) is 1.37. The van der Waals surface area contributed by atoms with Crippen molar-refractivity contribution >= 4 is 34.8 Å². The molecule has 5 heteroatoms. The van der Waals surface area contributed by atoms with Gasteiger partial charge in [-0.2, -0.15) is 0 Å². The summed E-state index contributed by atoms with van der Waals surface area (Å²) in [7, 11) is 0. The number of aromatic nitrogens is 1. The molecule has 0 amide bonds. The van der Waals surface area contributed by atoms with E-state index in [1.54, 1.807) is 24.5 Å². The highest BCUT2D eigenvalue weighted by Crippen LogP contribution is 2.23. The number of carboxylic acid groups (broad SMARTS) is 1. The van der Waals surface area contributed by atoms with Crippen LogP contribution in [0.2, 0.25) is 0 Å². The smallest absolute Gasteiger partial charge is 0.337 e. The van der Waals surface area contributed by atoms with Gasteiger partial charge in [0.05, 0.1) is 11.3 Å². The highest BCUT2D eigenvalue weighted by atomic mass is 35.5. The lowest BCUT2D eigenvalue weighted by molar-refractivity contribution is 0.0698. The lowest BCUT2D eigenvalue weighted by Crippen LogP contribution is -2.02. The Labute approximate surface area is 92.1 Å². The fourth-order valence-corrected chi connectivity index (χ4v) is 1.37. The molecule has 1 aromatic carbocycles. The van der Waals surface area contributed by atoms with Gasteiger partial charge in [-0.1, -0.05) is 6.07 Å². The third kappa shape index (κ3) is 1.85. The van der Waals surface area contributed by atoms with Gasteiger partial charge in [0.2, 0.25) is 0 Å². The molecule has 0 fully saturated rings. The Bertz CT molecular complexity index is 514. The lowest BCUT2D eigenvalue weighted by atomic mass is 10.1. The van der Waals surface area contributed by atoms with Crippen molar-refractivity contribution < 1.29 is 9.90 Å². The molecule has 0 aliphatic heterocycles. The van der Waals surface area contributed by atoms with Crippen LogP contribution in [0.5, 0.6) is 0 Å². The summed E-state index contributed by atoms with van der Waals surface area (Å²) in [6, 6.07) is 5.01. The maximum Gasteiger partial charge on any atom is 0.337 e. The Kier molecular flexibility index (Phi) is 3.11. The molecule has 15 heavy (non-hydrogen) atoms. The second-order valence-corrected chi connectivity index (χ2v) is 2.93. The lowest BCUT2D eigenvalue weighted by Gasteiger charge is -2.04. The van der Waals surface area contributed by atoms with E-state index in [0.29, 0.717) is 5.39 Å². The van der Waals surface area contributed by atoms with Gasteiger partial charge in [0.1, 0.15) is 0 Å². The summed E-state index contributed by atoms with van der Waals surface area (Å²) in [6.07, 6.45) is 3.21. The molecule has 3 N–H and O–H groups in total. The van der Waals surface area contributed by atoms with Crippen LogP contribution in [0.15, 0.2) is 30.6 Å². The number of aromatic carboxylic acids is 1. The predicted octanol–water partition coefficient (Wildman–Crippen LogP) is 1.94. The van der Waals surface area contributed by atoms with E-state index in [4.69, 9.17) is 10.8 Å². The third-order valence-corrected chi connectivity index (χ3v) is 2.10. The van der Waals surface area contributed by atoms with E-state index in [2.05, 4.69) is 4.98 Å². The molecule has 0 spiro atoms. The van der Waals surface area contributed by atoms with Crippen LogP contribution in [-0.2, 0) is 0 Å². The number of halogens is 1. The molecule has 0 radical (unpaired) electrons. The van der Waals surface area contributed by atoms with Crippen molar-refractivity contribution in [2.24, 2.45) is 0 Å². The number of nitrogens with zero attached hydrogens (tertiary/aromatic N) is 1. The second-order valence-electron chi connectivity index (χ2n) is 2.93. The van der Waals surface area contributed by atoms with Gasteiger partial charge in [-0.25, -0.2) is 4.79 Å². The first-order valence-corrected chi connectivity index (χ1v) is 4.05. The van der Waals surface area contributed by atoms with E-state index in [0.717, 1.165) is 5.39 Å². The van der Waals surface area contributed by atoms with Crippen molar-refractivity contribution in [1.82, 2.24) is 4.98 Å². The molecular weight excluding hydrogens is 216 g/mol. The molecule has 0 saturated heterocycles. The van der Waals surface area contributed by atoms with Crippen LogP contribution in [0.1, 0.15) is 10.4 Å². The van der Waals surface area contributed by atoms with Gasteiger partial charge in [0.15, 0.2) is 0 Å². The Morgan fingerprint density at radius 2 is 2.07 bits per heavy atom. The fraction of sp³-hybridized carbons (Fsp3) is 0. The molecule has 0 aliphatic rings. The number of pyridine rings is 1. The van der Waals surface area contributed by atoms with E-state index in [9.17, 15) is 4.79 Å². The minimum atomic E-state index is -1.02. The van der Waals surface area contributed by atoms with Crippen molar-refractivity contribution in [3.8, 4) is 0 Å². The van der Waals surface area contributed by atoms with Crippen molar-refractivity contribution in [3.05, 3.63) is 36.2 Å². The molecule has 1 aromatic heterocycles. The van der Waals surface area contributed by atoms with E-state index in [1.807, 2.05) is 0 Å². The van der Waals surface area contributed by atoms with Crippen molar-refractivity contribution in [2.45, 2.75) is 0 Å². The van der Waals surface area contributed by atoms with Gasteiger partial charge in [0.25, 0.3) is 0 Å². The van der Waals surface area contributed by atoms with Crippen LogP contribution < -0.4 is 5.73 Å². The highest BCUT2D eigenvalue weighted by molar-refractivity contribution is 6.04. The van der Waals surface area contributed by atoms with Crippen LogP contribution in [0.3, 0.4) is 0 Å². The first kappa shape index (κ1) is 11.3. The van der Waals surface area contributed by atoms with Gasteiger partial charge in [-0.05, 0) is 17.5 Å². The van der Waals surface area contributed by atoms with Crippen molar-refractivity contribution in [3.63, 3.8) is 0 Å². The Balaban J connectivity index is 0.00000112. The van der Waals surface area contributed by atoms with Crippen LogP contribution in [0, 0.1) is 0 Å². The number of carbonyl (C=O) groups is 1. The number of nitrogens with two attached hydrogens (primary N) is 1. The Hall–Kier alpha value is -1.81. The number of hydrogen-bond acceptors (Lipinski definition) is 3. The quantitative estimate of drug-likeness (QED) is 0.726. The van der Waals surface area contributed by atoms with E-state index in [-0.39, 0.29) is 23.7 Å². The molecule has 2 rings (SSSR count). The van der Waals surface area contributed by atoms with E-state index >= 15 is 0 Å². The first-order chi connectivity index (χ1) is 6.70. The summed E-state index contributed by atoms with van der Waals surface area (Å²) in [4.78, 5) is 14.7. The summed E-state index contributed by atoms with van der Waals surface area (Å²) < 4.78 is 0. The minimum absolute atomic E-state index is 0. The zero-order valence-electron chi connectivity index (χ0n) is 7.68. The summed E-state index contributed by atoms with van der Waals surface area (Å²) in [5.74, 6) is -1.02. The SMILES string of the molecule is Cl.Nc1c(C(=O)O)ccc2ccncc12. The summed E-state index contributed by atoms with van der Waals surface area (Å²) >= 11 is 0. The molecule has 2 aromatic rings. The molecule has 0 bridgehead atoms. The van der Waals surface area contributed by atoms with E-state index in [1.165, 1.54) is 6.07 Å². The predicted molar refractivity (Wildman–Crippen MR) is 60.4 cm³/mol. The molecule has 0 saturated carbocycles. The third-order valence-electron chi connectivity index (χ3n) is 2.10. The minimum Gasteiger partial charge on any atom is -0.478 e. The average molecular weight is 225 g/mol. The summed E-state index contributed by atoms with van der Waals surface area (Å²) in [5, 5.41) is 10.4. The Morgan fingerprint density at radius 1 is 1.33 bits per heavy atom. The molecule has 78 valence electrons. The van der Waals surface area contributed by atoms with Crippen molar-refractivity contribution in [1.29, 1.82) is 0 Å². The largest absolute Gasteiger partial charge is 0.478 e. The van der Waals surface area contributed by atoms with Gasteiger partial charge >= 0.3 is 5.97 Å². The van der Waals surface area contributed by atoms with Gasteiger partial charge in [-0.3, -0.25) is 4.98 Å². The molecular formula is C10H9ClN2O2. The van der Waals surface area contributed by atoms with E-state index < -0.39 is 5.97 Å². The van der Waals surface area contributed by atoms with Gasteiger partial charge < -0.3 is 10.8 Å². The van der Waals surface area contributed by atoms with Gasteiger partial charge in [0, 0.05) is 17.8 Å².